The van der Waals surface area contributed by atoms with Crippen LogP contribution in [0.25, 0.3) is 33.8 Å². The van der Waals surface area contributed by atoms with Crippen molar-refractivity contribution in [2.45, 2.75) is 13.0 Å². The first-order chi connectivity index (χ1) is 17.2. The van der Waals surface area contributed by atoms with Crippen LogP contribution in [-0.4, -0.2) is 34.5 Å². The first-order valence-corrected chi connectivity index (χ1v) is 11.3. The van der Waals surface area contributed by atoms with Gasteiger partial charge < -0.3 is 5.32 Å². The number of anilines is 1. The van der Waals surface area contributed by atoms with Gasteiger partial charge in [0.25, 0.3) is 0 Å². The molecule has 0 saturated heterocycles. The average Bonchev–Trinajstić information content (AvgIpc) is 3.57. The molecule has 0 saturated carbocycles. The van der Waals surface area contributed by atoms with E-state index in [1.54, 1.807) is 17.2 Å². The zero-order valence-electron chi connectivity index (χ0n) is 19.0. The molecule has 0 fully saturated rings. The number of rotatable bonds is 6. The molecule has 3 aromatic carbocycles. The van der Waals surface area contributed by atoms with Crippen LogP contribution < -0.4 is 5.32 Å². The van der Waals surface area contributed by atoms with Crippen molar-refractivity contribution in [2.24, 2.45) is 0 Å². The maximum absolute atomic E-state index is 4.74. The van der Waals surface area contributed by atoms with E-state index in [1.165, 1.54) is 5.56 Å². The summed E-state index contributed by atoms with van der Waals surface area (Å²) < 4.78 is 3.72. The van der Waals surface area contributed by atoms with E-state index < -0.39 is 0 Å². The topological polar surface area (TPSA) is 86.3 Å². The van der Waals surface area contributed by atoms with Crippen molar-refractivity contribution in [3.63, 3.8) is 0 Å². The summed E-state index contributed by atoms with van der Waals surface area (Å²) >= 11 is 0. The van der Waals surface area contributed by atoms with E-state index >= 15 is 0 Å². The average molecular weight is 459 g/mol. The molecule has 35 heavy (non-hydrogen) atoms. The predicted molar refractivity (Wildman–Crippen MR) is 135 cm³/mol. The van der Waals surface area contributed by atoms with Crippen LogP contribution in [0.4, 0.5) is 5.95 Å². The largest absolute Gasteiger partial charge is 0.348 e. The van der Waals surface area contributed by atoms with E-state index in [4.69, 9.17) is 4.98 Å². The second kappa shape index (κ2) is 8.83. The lowest BCUT2D eigenvalue weighted by Gasteiger charge is -2.14. The van der Waals surface area contributed by atoms with E-state index in [9.17, 15) is 0 Å². The summed E-state index contributed by atoms with van der Waals surface area (Å²) in [5.74, 6) is 1.28. The molecule has 0 unspecified atom stereocenters. The molecule has 0 aliphatic rings. The molecule has 0 bridgehead atoms. The number of benzene rings is 3. The van der Waals surface area contributed by atoms with Gasteiger partial charge in [0.2, 0.25) is 5.95 Å². The zero-order chi connectivity index (χ0) is 23.6. The molecule has 8 nitrogen and oxygen atoms in total. The SMILES string of the molecule is C[C@H](Nc1nccc(-n2cnc3ccc(-n4cc(-c5ccccc5)nn4)cc32)n1)c1ccccc1. The maximum Gasteiger partial charge on any atom is 0.225 e. The van der Waals surface area contributed by atoms with E-state index in [-0.39, 0.29) is 6.04 Å². The van der Waals surface area contributed by atoms with Crippen LogP contribution in [0, 0.1) is 0 Å². The monoisotopic (exact) mass is 458 g/mol. The van der Waals surface area contributed by atoms with Crippen LogP contribution in [0.1, 0.15) is 18.5 Å². The number of nitrogens with zero attached hydrogens (tertiary/aromatic N) is 7. The van der Waals surface area contributed by atoms with E-state index in [1.807, 2.05) is 83.6 Å². The van der Waals surface area contributed by atoms with Crippen LogP contribution >= 0.6 is 0 Å². The highest BCUT2D eigenvalue weighted by molar-refractivity contribution is 5.79. The van der Waals surface area contributed by atoms with E-state index in [0.29, 0.717) is 5.95 Å². The third kappa shape index (κ3) is 4.13. The van der Waals surface area contributed by atoms with Crippen LogP contribution in [0.5, 0.6) is 0 Å². The van der Waals surface area contributed by atoms with Crippen molar-refractivity contribution in [1.29, 1.82) is 0 Å². The first kappa shape index (κ1) is 20.7. The Hall–Kier alpha value is -4.85. The number of hydrogen-bond acceptors (Lipinski definition) is 6. The first-order valence-electron chi connectivity index (χ1n) is 11.3. The van der Waals surface area contributed by atoms with Crippen LogP contribution in [0.2, 0.25) is 0 Å². The van der Waals surface area contributed by atoms with Crippen LogP contribution in [-0.2, 0) is 0 Å². The van der Waals surface area contributed by atoms with Crippen molar-refractivity contribution in [3.8, 4) is 22.8 Å². The van der Waals surface area contributed by atoms with Crippen molar-refractivity contribution in [3.05, 3.63) is 109 Å². The molecule has 170 valence electrons. The fourth-order valence-corrected chi connectivity index (χ4v) is 4.02. The molecule has 0 spiro atoms. The molecule has 6 rings (SSSR count). The standard InChI is InChI=1S/C27H22N8/c1-19(20-8-4-2-5-9-20)30-27-28-15-14-26(31-27)34-18-29-23-13-12-22(16-25(23)34)35-17-24(32-33-35)21-10-6-3-7-11-21/h2-19H,1H3,(H,28,30,31)/t19-/m0/s1. The minimum absolute atomic E-state index is 0.0729. The molecule has 0 aliphatic heterocycles. The molecule has 0 amide bonds. The Bertz CT molecular complexity index is 1590. The summed E-state index contributed by atoms with van der Waals surface area (Å²) in [6.45, 7) is 2.09. The van der Waals surface area contributed by atoms with Gasteiger partial charge in [0.15, 0.2) is 0 Å². The van der Waals surface area contributed by atoms with Crippen LogP contribution in [0.3, 0.4) is 0 Å². The highest BCUT2D eigenvalue weighted by Gasteiger charge is 2.12. The van der Waals surface area contributed by atoms with Gasteiger partial charge in [-0.1, -0.05) is 65.9 Å². The Morgan fingerprint density at radius 3 is 2.49 bits per heavy atom. The van der Waals surface area contributed by atoms with Gasteiger partial charge in [-0.3, -0.25) is 4.57 Å². The summed E-state index contributed by atoms with van der Waals surface area (Å²) in [5, 5.41) is 12.1. The smallest absolute Gasteiger partial charge is 0.225 e. The van der Waals surface area contributed by atoms with Gasteiger partial charge in [0.1, 0.15) is 17.8 Å². The van der Waals surface area contributed by atoms with Gasteiger partial charge in [-0.25, -0.2) is 14.6 Å². The molecule has 0 radical (unpaired) electrons. The van der Waals surface area contributed by atoms with Crippen molar-refractivity contribution < 1.29 is 0 Å². The number of fused-ring (bicyclic) bond motifs is 1. The molecule has 6 aromatic rings. The molecule has 8 heteroatoms. The van der Waals surface area contributed by atoms with E-state index in [0.717, 1.165) is 33.8 Å². The lowest BCUT2D eigenvalue weighted by Crippen LogP contribution is -2.10. The number of nitrogens with one attached hydrogen (secondary N) is 1. The molecule has 3 aromatic heterocycles. The third-order valence-corrected chi connectivity index (χ3v) is 5.89. The van der Waals surface area contributed by atoms with Gasteiger partial charge >= 0.3 is 0 Å². The minimum Gasteiger partial charge on any atom is -0.348 e. The second-order valence-electron chi connectivity index (χ2n) is 8.22. The van der Waals surface area contributed by atoms with Gasteiger partial charge in [0.05, 0.1) is 29.0 Å². The fraction of sp³-hybridized carbons (Fsp3) is 0.0741. The van der Waals surface area contributed by atoms with Gasteiger partial charge in [-0.15, -0.1) is 5.10 Å². The third-order valence-electron chi connectivity index (χ3n) is 5.89. The molecule has 1 N–H and O–H groups in total. The fourth-order valence-electron chi connectivity index (χ4n) is 4.02. The Balaban J connectivity index is 1.32. The molecular weight excluding hydrogens is 436 g/mol. The Morgan fingerprint density at radius 2 is 1.66 bits per heavy atom. The van der Waals surface area contributed by atoms with Gasteiger partial charge in [-0.05, 0) is 36.8 Å². The highest BCUT2D eigenvalue weighted by atomic mass is 15.4. The minimum atomic E-state index is 0.0729. The highest BCUT2D eigenvalue weighted by Crippen LogP contribution is 2.23. The Labute approximate surface area is 201 Å². The van der Waals surface area contributed by atoms with Gasteiger partial charge in [-0.2, -0.15) is 4.98 Å². The molecule has 1 atom stereocenters. The van der Waals surface area contributed by atoms with E-state index in [2.05, 4.69) is 44.7 Å². The molecular formula is C27H22N8. The zero-order valence-corrected chi connectivity index (χ0v) is 19.0. The summed E-state index contributed by atoms with van der Waals surface area (Å²) in [4.78, 5) is 13.7. The number of aromatic nitrogens is 7. The predicted octanol–water partition coefficient (Wildman–Crippen LogP) is 5.24. The van der Waals surface area contributed by atoms with Gasteiger partial charge in [0, 0.05) is 11.8 Å². The van der Waals surface area contributed by atoms with Crippen LogP contribution in [0.15, 0.2) is 104 Å². The second-order valence-corrected chi connectivity index (χ2v) is 8.22. The number of hydrogen-bond donors (Lipinski definition) is 1. The van der Waals surface area contributed by atoms with Crippen molar-refractivity contribution in [2.75, 3.05) is 5.32 Å². The summed E-state index contributed by atoms with van der Waals surface area (Å²) in [6, 6.07) is 28.2. The molecule has 3 heterocycles. The maximum atomic E-state index is 4.74. The Kier molecular flexibility index (Phi) is 5.23. The normalized spacial score (nSPS) is 12.0. The summed E-state index contributed by atoms with van der Waals surface area (Å²) in [7, 11) is 0. The molecule has 0 aliphatic carbocycles. The summed E-state index contributed by atoms with van der Waals surface area (Å²) in [5.41, 5.74) is 5.68. The lowest BCUT2D eigenvalue weighted by atomic mass is 10.1. The number of imidazole rings is 1. The van der Waals surface area contributed by atoms with Crippen molar-refractivity contribution >= 4 is 17.0 Å². The lowest BCUT2D eigenvalue weighted by molar-refractivity contribution is 0.804. The quantitative estimate of drug-likeness (QED) is 0.368. The Morgan fingerprint density at radius 1 is 0.857 bits per heavy atom. The van der Waals surface area contributed by atoms with Crippen molar-refractivity contribution in [1.82, 2.24) is 34.5 Å². The summed E-state index contributed by atoms with van der Waals surface area (Å²) in [6.07, 6.45) is 5.45.